The number of imidazole rings is 1. The fraction of sp³-hybridized carbons (Fsp3) is 0.565. The van der Waals surface area contributed by atoms with E-state index in [1.54, 1.807) is 36.8 Å². The molecule has 4 rings (SSSR count). The van der Waals surface area contributed by atoms with Crippen LogP contribution in [0.4, 0.5) is 18.0 Å². The molecule has 0 saturated heterocycles. The Kier molecular flexibility index (Phi) is 7.46. The third-order valence-electron chi connectivity index (χ3n) is 6.11. The summed E-state index contributed by atoms with van der Waals surface area (Å²) in [6.07, 6.45) is 3.79. The first kappa shape index (κ1) is 24.8. The molecule has 12 heteroatoms. The molecular weight excluding hydrogens is 465 g/mol. The van der Waals surface area contributed by atoms with Crippen LogP contribution in [0.2, 0.25) is 0 Å². The van der Waals surface area contributed by atoms with Crippen molar-refractivity contribution in [1.82, 2.24) is 29.6 Å². The van der Waals surface area contributed by atoms with E-state index in [9.17, 15) is 18.0 Å². The van der Waals surface area contributed by atoms with Gasteiger partial charge in [0.1, 0.15) is 11.5 Å². The van der Waals surface area contributed by atoms with Crippen molar-refractivity contribution in [3.63, 3.8) is 0 Å². The van der Waals surface area contributed by atoms with E-state index in [-0.39, 0.29) is 12.3 Å². The Balaban J connectivity index is 1.63. The van der Waals surface area contributed by atoms with Crippen LogP contribution in [0.25, 0.3) is 17.2 Å². The van der Waals surface area contributed by atoms with Gasteiger partial charge in [-0.05, 0) is 39.5 Å². The van der Waals surface area contributed by atoms with Crippen LogP contribution >= 0.6 is 0 Å². The smallest absolute Gasteiger partial charge is 0.389 e. The van der Waals surface area contributed by atoms with E-state index in [0.29, 0.717) is 55.4 Å². The Morgan fingerprint density at radius 2 is 2.06 bits per heavy atom. The van der Waals surface area contributed by atoms with E-state index in [1.165, 1.54) is 11.1 Å². The van der Waals surface area contributed by atoms with Crippen LogP contribution in [-0.4, -0.2) is 55.7 Å². The average molecular weight is 495 g/mol. The molecule has 9 nitrogen and oxygen atoms in total. The number of rotatable bonds is 3. The molecule has 1 aliphatic heterocycles. The summed E-state index contributed by atoms with van der Waals surface area (Å²) in [5.41, 5.74) is 1.01. The van der Waals surface area contributed by atoms with Crippen LogP contribution < -0.4 is 10.1 Å². The number of urea groups is 1. The van der Waals surface area contributed by atoms with Gasteiger partial charge in [0.15, 0.2) is 0 Å². The highest BCUT2D eigenvalue weighted by atomic mass is 19.4. The molecule has 35 heavy (non-hydrogen) atoms. The number of oxazole rings is 1. The molecule has 1 unspecified atom stereocenters. The molecule has 190 valence electrons. The second-order valence-corrected chi connectivity index (χ2v) is 8.62. The SMILES string of the molecule is CCN1C(=O)N[C@@H](CCC(F)(F)F)CCCCCOc2nc(cn3ccnc23)-c2ncc(o2)C1C. The standard InChI is InChI=1S/C23H29F3N6O3/c1-3-32-15(2)18-13-28-20(35-18)17-14-31-11-10-27-19(31)21(30-17)34-12-6-4-5-7-16(29-22(32)33)8-9-23(24,25)26/h10-11,13-16H,3-9,12H2,1-2H3,(H,29,33)/t15?,16-/m1/s1. The van der Waals surface area contributed by atoms with Crippen molar-refractivity contribution < 1.29 is 27.1 Å². The molecular formula is C23H29F3N6O3. The Morgan fingerprint density at radius 1 is 1.23 bits per heavy atom. The van der Waals surface area contributed by atoms with Gasteiger partial charge in [-0.3, -0.25) is 0 Å². The summed E-state index contributed by atoms with van der Waals surface area (Å²) in [7, 11) is 0. The highest BCUT2D eigenvalue weighted by molar-refractivity contribution is 5.75. The average Bonchev–Trinajstić information content (AvgIpc) is 3.48. The predicted octanol–water partition coefficient (Wildman–Crippen LogP) is 5.14. The number of alkyl halides is 3. The number of fused-ring (bicyclic) bond motifs is 7. The van der Waals surface area contributed by atoms with E-state index in [2.05, 4.69) is 20.3 Å². The summed E-state index contributed by atoms with van der Waals surface area (Å²) in [5, 5.41) is 2.81. The number of carbonyl (C=O) groups excluding carboxylic acids is 1. The number of ether oxygens (including phenoxy) is 1. The maximum absolute atomic E-state index is 13.0. The highest BCUT2D eigenvalue weighted by Crippen LogP contribution is 2.28. The summed E-state index contributed by atoms with van der Waals surface area (Å²) in [4.78, 5) is 27.7. The van der Waals surface area contributed by atoms with Crippen molar-refractivity contribution in [2.45, 2.75) is 70.6 Å². The first-order valence-electron chi connectivity index (χ1n) is 11.8. The van der Waals surface area contributed by atoms with Crippen molar-refractivity contribution in [3.8, 4) is 17.5 Å². The predicted molar refractivity (Wildman–Crippen MR) is 121 cm³/mol. The Hall–Kier alpha value is -3.31. The number of hydrogen-bond acceptors (Lipinski definition) is 6. The molecule has 0 aromatic carbocycles. The van der Waals surface area contributed by atoms with Gasteiger partial charge in [0.2, 0.25) is 11.5 Å². The first-order chi connectivity index (χ1) is 16.7. The zero-order valence-corrected chi connectivity index (χ0v) is 19.7. The minimum absolute atomic E-state index is 0.169. The quantitative estimate of drug-likeness (QED) is 0.542. The fourth-order valence-corrected chi connectivity index (χ4v) is 4.17. The van der Waals surface area contributed by atoms with Gasteiger partial charge >= 0.3 is 12.2 Å². The number of nitrogens with one attached hydrogen (secondary N) is 1. The van der Waals surface area contributed by atoms with Crippen LogP contribution in [0.15, 0.2) is 29.2 Å². The number of halogens is 3. The molecule has 0 fully saturated rings. The molecule has 1 aliphatic rings. The van der Waals surface area contributed by atoms with Crippen molar-refractivity contribution in [2.75, 3.05) is 13.2 Å². The molecule has 0 aliphatic carbocycles. The number of hydrogen-bond donors (Lipinski definition) is 1. The first-order valence-corrected chi connectivity index (χ1v) is 11.8. The van der Waals surface area contributed by atoms with Gasteiger partial charge in [-0.25, -0.2) is 19.7 Å². The number of amides is 2. The molecule has 4 heterocycles. The number of carbonyl (C=O) groups is 1. The van der Waals surface area contributed by atoms with Gasteiger partial charge in [0.05, 0.1) is 18.8 Å². The van der Waals surface area contributed by atoms with Crippen LogP contribution in [0.1, 0.15) is 64.2 Å². The van der Waals surface area contributed by atoms with E-state index in [1.807, 2.05) is 0 Å². The van der Waals surface area contributed by atoms with Crippen molar-refractivity contribution >= 4 is 11.7 Å². The normalized spacial score (nSPS) is 20.4. The van der Waals surface area contributed by atoms with Gasteiger partial charge in [-0.15, -0.1) is 0 Å². The number of aromatic nitrogens is 4. The maximum Gasteiger partial charge on any atom is 0.389 e. The topological polar surface area (TPSA) is 97.8 Å². The molecule has 4 bridgehead atoms. The zero-order chi connectivity index (χ0) is 25.0. The van der Waals surface area contributed by atoms with E-state index in [0.717, 1.165) is 6.42 Å². The zero-order valence-electron chi connectivity index (χ0n) is 19.7. The summed E-state index contributed by atoms with van der Waals surface area (Å²) in [6.45, 7) is 4.30. The minimum Gasteiger partial charge on any atom is -0.475 e. The molecule has 3 aromatic rings. The van der Waals surface area contributed by atoms with E-state index in [4.69, 9.17) is 9.15 Å². The lowest BCUT2D eigenvalue weighted by Crippen LogP contribution is -2.46. The molecule has 1 N–H and O–H groups in total. The molecule has 0 spiro atoms. The third-order valence-corrected chi connectivity index (χ3v) is 6.11. The highest BCUT2D eigenvalue weighted by Gasteiger charge is 2.30. The van der Waals surface area contributed by atoms with Gasteiger partial charge < -0.3 is 23.8 Å². The third kappa shape index (κ3) is 6.04. The van der Waals surface area contributed by atoms with Gasteiger partial charge in [0.25, 0.3) is 5.88 Å². The largest absolute Gasteiger partial charge is 0.475 e. The Bertz CT molecular complexity index is 1150. The Morgan fingerprint density at radius 3 is 2.83 bits per heavy atom. The van der Waals surface area contributed by atoms with Crippen molar-refractivity contribution in [3.05, 3.63) is 30.5 Å². The summed E-state index contributed by atoms with van der Waals surface area (Å²) in [5.74, 6) is 1.04. The molecule has 3 aromatic heterocycles. The van der Waals surface area contributed by atoms with Crippen LogP contribution in [0.3, 0.4) is 0 Å². The fourth-order valence-electron chi connectivity index (χ4n) is 4.17. The monoisotopic (exact) mass is 494 g/mol. The Labute approximate surface area is 200 Å². The molecule has 0 radical (unpaired) electrons. The van der Waals surface area contributed by atoms with Gasteiger partial charge in [-0.1, -0.05) is 6.42 Å². The van der Waals surface area contributed by atoms with Crippen LogP contribution in [0, 0.1) is 0 Å². The lowest BCUT2D eigenvalue weighted by atomic mass is 10.0. The minimum atomic E-state index is -4.28. The summed E-state index contributed by atoms with van der Waals surface area (Å²) in [6, 6.07) is -1.51. The molecule has 2 atom stereocenters. The maximum atomic E-state index is 13.0. The van der Waals surface area contributed by atoms with Crippen LogP contribution in [-0.2, 0) is 0 Å². The second kappa shape index (κ2) is 10.5. The lowest BCUT2D eigenvalue weighted by Gasteiger charge is -2.29. The second-order valence-electron chi connectivity index (χ2n) is 8.62. The lowest BCUT2D eigenvalue weighted by molar-refractivity contribution is -0.136. The van der Waals surface area contributed by atoms with Crippen molar-refractivity contribution in [1.29, 1.82) is 0 Å². The van der Waals surface area contributed by atoms with Gasteiger partial charge in [0, 0.05) is 37.6 Å². The molecule has 0 saturated carbocycles. The van der Waals surface area contributed by atoms with E-state index < -0.39 is 30.7 Å². The summed E-state index contributed by atoms with van der Waals surface area (Å²) >= 11 is 0. The summed E-state index contributed by atoms with van der Waals surface area (Å²) < 4.78 is 52.2. The van der Waals surface area contributed by atoms with E-state index >= 15 is 0 Å². The van der Waals surface area contributed by atoms with Crippen molar-refractivity contribution in [2.24, 2.45) is 0 Å². The number of nitrogens with zero attached hydrogens (tertiary/aromatic N) is 5. The van der Waals surface area contributed by atoms with Gasteiger partial charge in [-0.2, -0.15) is 13.2 Å². The molecule has 2 amide bonds. The van der Waals surface area contributed by atoms with Crippen LogP contribution in [0.5, 0.6) is 5.88 Å².